The Morgan fingerprint density at radius 2 is 1.95 bits per heavy atom. The topological polar surface area (TPSA) is 27.7 Å². The fourth-order valence-electron chi connectivity index (χ4n) is 2.49. The number of piperazine rings is 1. The first-order valence-electron chi connectivity index (χ1n) is 7.13. The van der Waals surface area contributed by atoms with Gasteiger partial charge in [-0.1, -0.05) is 11.6 Å². The van der Waals surface area contributed by atoms with Gasteiger partial charge in [0.25, 0.3) is 0 Å². The van der Waals surface area contributed by atoms with Crippen LogP contribution in [0, 0.1) is 0 Å². The zero-order chi connectivity index (χ0) is 14.4. The highest BCUT2D eigenvalue weighted by Crippen LogP contribution is 2.23. The average Bonchev–Trinajstić information content (AvgIpc) is 2.46. The van der Waals surface area contributed by atoms with Crippen molar-refractivity contribution in [2.45, 2.75) is 6.54 Å². The van der Waals surface area contributed by atoms with E-state index in [-0.39, 0.29) is 24.8 Å². The smallest absolute Gasteiger partial charge is 0.123 e. The van der Waals surface area contributed by atoms with Gasteiger partial charge >= 0.3 is 0 Å². The Morgan fingerprint density at radius 1 is 1.27 bits per heavy atom. The molecule has 4 nitrogen and oxygen atoms in total. The highest BCUT2D eigenvalue weighted by Gasteiger charge is 2.11. The minimum Gasteiger partial charge on any atom is -0.496 e. The molecular weight excluding hydrogens is 345 g/mol. The second-order valence-electron chi connectivity index (χ2n) is 5.29. The maximum absolute atomic E-state index is 6.07. The quantitative estimate of drug-likeness (QED) is 0.833. The number of methoxy groups -OCH3 is 1. The molecule has 0 bridgehead atoms. The van der Waals surface area contributed by atoms with E-state index in [1.54, 1.807) is 7.11 Å². The summed E-state index contributed by atoms with van der Waals surface area (Å²) in [5.41, 5.74) is 1.14. The lowest BCUT2D eigenvalue weighted by molar-refractivity contribution is 0.201. The largest absolute Gasteiger partial charge is 0.496 e. The number of rotatable bonds is 6. The van der Waals surface area contributed by atoms with Gasteiger partial charge in [-0.15, -0.1) is 24.8 Å². The molecule has 1 heterocycles. The maximum Gasteiger partial charge on any atom is 0.123 e. The molecule has 128 valence electrons. The molecule has 1 N–H and O–H groups in total. The fourth-order valence-corrected chi connectivity index (χ4v) is 2.68. The van der Waals surface area contributed by atoms with Crippen LogP contribution in [0.1, 0.15) is 5.56 Å². The number of nitrogens with one attached hydrogen (secondary N) is 1. The number of benzene rings is 1. The molecule has 1 aromatic carbocycles. The molecule has 0 aromatic heterocycles. The van der Waals surface area contributed by atoms with Crippen molar-refractivity contribution in [3.8, 4) is 5.75 Å². The molecule has 1 aliphatic rings. The van der Waals surface area contributed by atoms with E-state index in [4.69, 9.17) is 16.3 Å². The molecule has 7 heteroatoms. The van der Waals surface area contributed by atoms with Crippen LogP contribution in [0.15, 0.2) is 18.2 Å². The second-order valence-corrected chi connectivity index (χ2v) is 5.72. The van der Waals surface area contributed by atoms with Gasteiger partial charge in [-0.05, 0) is 25.2 Å². The summed E-state index contributed by atoms with van der Waals surface area (Å²) in [6.45, 7) is 7.52. The number of nitrogens with zero attached hydrogens (tertiary/aromatic N) is 2. The summed E-state index contributed by atoms with van der Waals surface area (Å²) in [5.74, 6) is 0.906. The van der Waals surface area contributed by atoms with Crippen molar-refractivity contribution in [3.63, 3.8) is 0 Å². The van der Waals surface area contributed by atoms with Crippen molar-refractivity contribution in [2.75, 3.05) is 53.4 Å². The molecule has 0 unspecified atom stereocenters. The van der Waals surface area contributed by atoms with Crippen molar-refractivity contribution >= 4 is 36.4 Å². The predicted molar refractivity (Wildman–Crippen MR) is 98.1 cm³/mol. The van der Waals surface area contributed by atoms with Crippen LogP contribution in [0.2, 0.25) is 5.02 Å². The highest BCUT2D eigenvalue weighted by atomic mass is 35.5. The Labute approximate surface area is 151 Å². The van der Waals surface area contributed by atoms with Crippen LogP contribution in [-0.2, 0) is 6.54 Å². The number of hydrogen-bond donors (Lipinski definition) is 1. The summed E-state index contributed by atoms with van der Waals surface area (Å²) < 4.78 is 5.39. The van der Waals surface area contributed by atoms with Crippen molar-refractivity contribution in [1.29, 1.82) is 0 Å². The van der Waals surface area contributed by atoms with E-state index in [0.29, 0.717) is 0 Å². The summed E-state index contributed by atoms with van der Waals surface area (Å²) in [4.78, 5) is 4.82. The molecular formula is C15H26Cl3N3O. The van der Waals surface area contributed by atoms with Crippen molar-refractivity contribution < 1.29 is 4.74 Å². The molecule has 1 fully saturated rings. The Kier molecular flexibility index (Phi) is 11.2. The van der Waals surface area contributed by atoms with Gasteiger partial charge in [0.1, 0.15) is 5.75 Å². The SMILES string of the molecule is COc1ccc(Cl)cc1CN(C)CCN1CCNCC1.Cl.Cl. The Bertz CT molecular complexity index is 428. The van der Waals surface area contributed by atoms with Crippen LogP contribution in [0.4, 0.5) is 0 Å². The number of likely N-dealkylation sites (N-methyl/N-ethyl adjacent to an activating group) is 1. The van der Waals surface area contributed by atoms with E-state index in [0.717, 1.165) is 62.1 Å². The first-order valence-corrected chi connectivity index (χ1v) is 7.51. The Balaban J connectivity index is 0.00000220. The summed E-state index contributed by atoms with van der Waals surface area (Å²) in [5, 5.41) is 4.14. The van der Waals surface area contributed by atoms with Crippen LogP contribution in [0.3, 0.4) is 0 Å². The van der Waals surface area contributed by atoms with Crippen LogP contribution >= 0.6 is 36.4 Å². The summed E-state index contributed by atoms with van der Waals surface area (Å²) in [7, 11) is 3.84. The van der Waals surface area contributed by atoms with Crippen LogP contribution in [0.25, 0.3) is 0 Å². The minimum atomic E-state index is 0. The van der Waals surface area contributed by atoms with E-state index in [9.17, 15) is 0 Å². The molecule has 1 aromatic rings. The number of ether oxygens (including phenoxy) is 1. The molecule has 1 saturated heterocycles. The lowest BCUT2D eigenvalue weighted by Gasteiger charge is -2.29. The molecule has 1 aliphatic heterocycles. The summed E-state index contributed by atoms with van der Waals surface area (Å²) in [6.07, 6.45) is 0. The Hall–Kier alpha value is -0.230. The van der Waals surface area contributed by atoms with Crippen LogP contribution < -0.4 is 10.1 Å². The van der Waals surface area contributed by atoms with Gasteiger partial charge in [0.15, 0.2) is 0 Å². The molecule has 22 heavy (non-hydrogen) atoms. The highest BCUT2D eigenvalue weighted by molar-refractivity contribution is 6.30. The monoisotopic (exact) mass is 369 g/mol. The molecule has 0 radical (unpaired) electrons. The zero-order valence-corrected chi connectivity index (χ0v) is 15.6. The van der Waals surface area contributed by atoms with Gasteiger partial charge in [0.2, 0.25) is 0 Å². The third-order valence-electron chi connectivity index (χ3n) is 3.69. The van der Waals surface area contributed by atoms with Gasteiger partial charge in [0.05, 0.1) is 7.11 Å². The van der Waals surface area contributed by atoms with E-state index in [1.165, 1.54) is 0 Å². The molecule has 0 spiro atoms. The third kappa shape index (κ3) is 6.90. The standard InChI is InChI=1S/C15H24ClN3O.2ClH/c1-18(9-10-19-7-5-17-6-8-19)12-13-11-14(16)3-4-15(13)20-2;;/h3-4,11,17H,5-10,12H2,1-2H3;2*1H. The molecule has 0 atom stereocenters. The lowest BCUT2D eigenvalue weighted by atomic mass is 10.2. The predicted octanol–water partition coefficient (Wildman–Crippen LogP) is 2.53. The molecule has 0 saturated carbocycles. The maximum atomic E-state index is 6.07. The zero-order valence-electron chi connectivity index (χ0n) is 13.2. The van der Waals surface area contributed by atoms with E-state index < -0.39 is 0 Å². The van der Waals surface area contributed by atoms with Crippen molar-refractivity contribution in [1.82, 2.24) is 15.1 Å². The van der Waals surface area contributed by atoms with E-state index in [1.807, 2.05) is 18.2 Å². The summed E-state index contributed by atoms with van der Waals surface area (Å²) >= 11 is 6.07. The number of halogens is 3. The van der Waals surface area contributed by atoms with Gasteiger partial charge in [-0.3, -0.25) is 4.90 Å². The van der Waals surface area contributed by atoms with E-state index in [2.05, 4.69) is 22.2 Å². The molecule has 2 rings (SSSR count). The third-order valence-corrected chi connectivity index (χ3v) is 3.93. The first-order chi connectivity index (χ1) is 9.69. The van der Waals surface area contributed by atoms with Crippen LogP contribution in [0.5, 0.6) is 5.75 Å². The lowest BCUT2D eigenvalue weighted by Crippen LogP contribution is -2.45. The molecule has 0 amide bonds. The van der Waals surface area contributed by atoms with Crippen molar-refractivity contribution in [3.05, 3.63) is 28.8 Å². The Morgan fingerprint density at radius 3 is 2.59 bits per heavy atom. The average molecular weight is 371 g/mol. The number of hydrogen-bond acceptors (Lipinski definition) is 4. The van der Waals surface area contributed by atoms with Crippen LogP contribution in [-0.4, -0.2) is 63.2 Å². The van der Waals surface area contributed by atoms with Gasteiger partial charge in [-0.2, -0.15) is 0 Å². The minimum absolute atomic E-state index is 0. The molecule has 0 aliphatic carbocycles. The first kappa shape index (κ1) is 21.8. The van der Waals surface area contributed by atoms with Gasteiger partial charge in [-0.25, -0.2) is 0 Å². The normalized spacial score (nSPS) is 15.1. The van der Waals surface area contributed by atoms with Gasteiger partial charge in [0, 0.05) is 56.4 Å². The fraction of sp³-hybridized carbons (Fsp3) is 0.600. The van der Waals surface area contributed by atoms with Crippen molar-refractivity contribution in [2.24, 2.45) is 0 Å². The summed E-state index contributed by atoms with van der Waals surface area (Å²) in [6, 6.07) is 5.79. The van der Waals surface area contributed by atoms with E-state index >= 15 is 0 Å². The van der Waals surface area contributed by atoms with Gasteiger partial charge < -0.3 is 15.0 Å². The second kappa shape index (κ2) is 11.3.